The van der Waals surface area contributed by atoms with Crippen LogP contribution in [0.3, 0.4) is 0 Å². The highest BCUT2D eigenvalue weighted by Crippen LogP contribution is 2.13. The Kier molecular flexibility index (Phi) is 6.45. The number of nitrogens with one attached hydrogen (secondary N) is 1. The summed E-state index contributed by atoms with van der Waals surface area (Å²) in [6.07, 6.45) is 3.86. The van der Waals surface area contributed by atoms with Crippen molar-refractivity contribution in [2.75, 3.05) is 31.5 Å². The quantitative estimate of drug-likeness (QED) is 0.631. The Morgan fingerprint density at radius 3 is 2.43 bits per heavy atom. The molecule has 4 rings (SSSR count). The topological polar surface area (TPSA) is 36.3 Å². The van der Waals surface area contributed by atoms with E-state index in [1.165, 1.54) is 22.3 Å². The van der Waals surface area contributed by atoms with Crippen molar-refractivity contribution < 1.29 is 0 Å². The van der Waals surface area contributed by atoms with Gasteiger partial charge in [-0.3, -0.25) is 9.58 Å². The zero-order valence-corrected chi connectivity index (χ0v) is 18.5. The van der Waals surface area contributed by atoms with Gasteiger partial charge < -0.3 is 10.2 Å². The molecule has 156 valence electrons. The molecule has 1 aromatic heterocycles. The highest BCUT2D eigenvalue weighted by atomic mass is 32.1. The number of hydrogen-bond acceptors (Lipinski definition) is 3. The Balaban J connectivity index is 1.26. The second-order valence-electron chi connectivity index (χ2n) is 8.09. The first kappa shape index (κ1) is 20.6. The summed E-state index contributed by atoms with van der Waals surface area (Å²) in [5.41, 5.74) is 6.15. The van der Waals surface area contributed by atoms with E-state index in [1.54, 1.807) is 0 Å². The molecule has 30 heavy (non-hydrogen) atoms. The van der Waals surface area contributed by atoms with Crippen molar-refractivity contribution in [2.24, 2.45) is 0 Å². The number of rotatable bonds is 5. The molecule has 1 saturated heterocycles. The lowest BCUT2D eigenvalue weighted by molar-refractivity contribution is 0.177. The molecular formula is C24H29N5S. The third kappa shape index (κ3) is 5.46. The number of nitrogens with zero attached hydrogens (tertiary/aromatic N) is 4. The molecule has 0 bridgehead atoms. The SMILES string of the molecule is Cc1ccc(Cn2cc(NC(=S)N3CCN(Cc4cccc(C)c4)CC3)cn2)cc1. The summed E-state index contributed by atoms with van der Waals surface area (Å²) in [4.78, 5) is 4.74. The van der Waals surface area contributed by atoms with Crippen LogP contribution in [0.4, 0.5) is 5.69 Å². The highest BCUT2D eigenvalue weighted by Gasteiger charge is 2.19. The second-order valence-corrected chi connectivity index (χ2v) is 8.48. The van der Waals surface area contributed by atoms with Crippen LogP contribution in [0.1, 0.15) is 22.3 Å². The number of aryl methyl sites for hydroxylation is 2. The number of hydrogen-bond donors (Lipinski definition) is 1. The van der Waals surface area contributed by atoms with Crippen LogP contribution in [0.25, 0.3) is 0 Å². The summed E-state index contributed by atoms with van der Waals surface area (Å²) >= 11 is 5.65. The molecule has 0 radical (unpaired) electrons. The van der Waals surface area contributed by atoms with Crippen LogP contribution < -0.4 is 5.32 Å². The van der Waals surface area contributed by atoms with E-state index in [0.717, 1.165) is 50.1 Å². The molecule has 1 fully saturated rings. The standard InChI is InChI=1S/C24H29N5S/c1-19-6-8-21(9-7-19)17-29-18-23(15-25-29)26-24(30)28-12-10-27(11-13-28)16-22-5-3-4-20(2)14-22/h3-9,14-15,18H,10-13,16-17H2,1-2H3,(H,26,30). The molecule has 0 saturated carbocycles. The average molecular weight is 420 g/mol. The lowest BCUT2D eigenvalue weighted by Crippen LogP contribution is -2.49. The van der Waals surface area contributed by atoms with Gasteiger partial charge in [0.2, 0.25) is 0 Å². The van der Waals surface area contributed by atoms with Gasteiger partial charge in [0, 0.05) is 38.9 Å². The summed E-state index contributed by atoms with van der Waals surface area (Å²) in [6, 6.07) is 17.3. The molecule has 1 N–H and O–H groups in total. The number of aromatic nitrogens is 2. The van der Waals surface area contributed by atoms with Crippen LogP contribution in [-0.2, 0) is 13.1 Å². The lowest BCUT2D eigenvalue weighted by atomic mass is 10.1. The fourth-order valence-electron chi connectivity index (χ4n) is 3.78. The fraction of sp³-hybridized carbons (Fsp3) is 0.333. The van der Waals surface area contributed by atoms with Crippen molar-refractivity contribution in [1.82, 2.24) is 19.6 Å². The van der Waals surface area contributed by atoms with E-state index < -0.39 is 0 Å². The van der Waals surface area contributed by atoms with Gasteiger partial charge in [0.1, 0.15) is 0 Å². The Labute approximate surface area is 184 Å². The van der Waals surface area contributed by atoms with Crippen LogP contribution >= 0.6 is 12.2 Å². The third-order valence-electron chi connectivity index (χ3n) is 5.50. The number of anilines is 1. The van der Waals surface area contributed by atoms with Gasteiger partial charge in [0.15, 0.2) is 5.11 Å². The van der Waals surface area contributed by atoms with Gasteiger partial charge in [-0.05, 0) is 37.2 Å². The van der Waals surface area contributed by atoms with Crippen molar-refractivity contribution in [3.8, 4) is 0 Å². The minimum absolute atomic E-state index is 0.756. The third-order valence-corrected chi connectivity index (χ3v) is 5.86. The van der Waals surface area contributed by atoms with E-state index in [1.807, 2.05) is 17.1 Å². The first-order chi connectivity index (χ1) is 14.5. The first-order valence-corrected chi connectivity index (χ1v) is 10.9. The van der Waals surface area contributed by atoms with Gasteiger partial charge in [0.05, 0.1) is 18.4 Å². The zero-order valence-electron chi connectivity index (χ0n) is 17.7. The van der Waals surface area contributed by atoms with Crippen LogP contribution in [-0.4, -0.2) is 50.9 Å². The molecule has 2 heterocycles. The normalized spacial score (nSPS) is 14.7. The summed E-state index contributed by atoms with van der Waals surface area (Å²) in [6.45, 7) is 9.92. The van der Waals surface area contributed by atoms with Gasteiger partial charge in [-0.15, -0.1) is 0 Å². The second kappa shape index (κ2) is 9.41. The minimum atomic E-state index is 0.756. The minimum Gasteiger partial charge on any atom is -0.346 e. The van der Waals surface area contributed by atoms with Crippen molar-refractivity contribution >= 4 is 23.0 Å². The van der Waals surface area contributed by atoms with Gasteiger partial charge in [0.25, 0.3) is 0 Å². The molecule has 0 spiro atoms. The average Bonchev–Trinajstić information content (AvgIpc) is 3.17. The highest BCUT2D eigenvalue weighted by molar-refractivity contribution is 7.80. The molecule has 2 aromatic carbocycles. The van der Waals surface area contributed by atoms with E-state index in [9.17, 15) is 0 Å². The van der Waals surface area contributed by atoms with E-state index in [2.05, 4.69) is 82.6 Å². The maximum absolute atomic E-state index is 5.65. The van der Waals surface area contributed by atoms with Crippen molar-refractivity contribution in [3.63, 3.8) is 0 Å². The summed E-state index contributed by atoms with van der Waals surface area (Å²) in [5, 5.41) is 8.60. The molecule has 0 amide bonds. The van der Waals surface area contributed by atoms with E-state index in [-0.39, 0.29) is 0 Å². The van der Waals surface area contributed by atoms with Gasteiger partial charge in [-0.1, -0.05) is 59.7 Å². The molecular weight excluding hydrogens is 390 g/mol. The molecule has 5 nitrogen and oxygen atoms in total. The lowest BCUT2D eigenvalue weighted by Gasteiger charge is -2.36. The Hall–Kier alpha value is -2.70. The fourth-order valence-corrected chi connectivity index (χ4v) is 4.08. The largest absolute Gasteiger partial charge is 0.346 e. The predicted octanol–water partition coefficient (Wildman–Crippen LogP) is 4.06. The summed E-state index contributed by atoms with van der Waals surface area (Å²) in [5.74, 6) is 0. The Morgan fingerprint density at radius 2 is 1.70 bits per heavy atom. The van der Waals surface area contributed by atoms with Crippen LogP contribution in [0.2, 0.25) is 0 Å². The molecule has 0 atom stereocenters. The smallest absolute Gasteiger partial charge is 0.173 e. The number of benzene rings is 2. The van der Waals surface area contributed by atoms with Gasteiger partial charge in [-0.25, -0.2) is 0 Å². The maximum atomic E-state index is 5.65. The molecule has 0 unspecified atom stereocenters. The summed E-state index contributed by atoms with van der Waals surface area (Å²) in [7, 11) is 0. The molecule has 0 aliphatic carbocycles. The summed E-state index contributed by atoms with van der Waals surface area (Å²) < 4.78 is 1.94. The Morgan fingerprint density at radius 1 is 0.933 bits per heavy atom. The van der Waals surface area contributed by atoms with Crippen LogP contribution in [0, 0.1) is 13.8 Å². The van der Waals surface area contributed by atoms with Crippen molar-refractivity contribution in [2.45, 2.75) is 26.9 Å². The molecule has 1 aliphatic heterocycles. The van der Waals surface area contributed by atoms with Gasteiger partial charge >= 0.3 is 0 Å². The number of thiocarbonyl (C=S) groups is 1. The van der Waals surface area contributed by atoms with E-state index in [4.69, 9.17) is 12.2 Å². The van der Waals surface area contributed by atoms with Crippen molar-refractivity contribution in [3.05, 3.63) is 83.2 Å². The first-order valence-electron chi connectivity index (χ1n) is 10.5. The van der Waals surface area contributed by atoms with Crippen molar-refractivity contribution in [1.29, 1.82) is 0 Å². The molecule has 3 aromatic rings. The predicted molar refractivity (Wildman–Crippen MR) is 127 cm³/mol. The maximum Gasteiger partial charge on any atom is 0.173 e. The van der Waals surface area contributed by atoms with E-state index in [0.29, 0.717) is 0 Å². The monoisotopic (exact) mass is 419 g/mol. The van der Waals surface area contributed by atoms with Gasteiger partial charge in [-0.2, -0.15) is 5.10 Å². The van der Waals surface area contributed by atoms with Crippen LogP contribution in [0.5, 0.6) is 0 Å². The van der Waals surface area contributed by atoms with E-state index >= 15 is 0 Å². The molecule has 6 heteroatoms. The molecule has 1 aliphatic rings. The zero-order chi connectivity index (χ0) is 20.9. The number of piperazine rings is 1. The Bertz CT molecular complexity index is 987. The van der Waals surface area contributed by atoms with Crippen LogP contribution in [0.15, 0.2) is 60.9 Å².